The number of fused-ring (bicyclic) bond motifs is 1. The summed E-state index contributed by atoms with van der Waals surface area (Å²) in [5.74, 6) is 1.46. The van der Waals surface area contributed by atoms with Gasteiger partial charge in [-0.05, 0) is 38.8 Å². The molecule has 1 aliphatic heterocycles. The molecule has 0 saturated heterocycles. The number of anilines is 1. The van der Waals surface area contributed by atoms with E-state index >= 15 is 0 Å². The highest BCUT2D eigenvalue weighted by atomic mass is 32.2. The zero-order valence-electron chi connectivity index (χ0n) is 16.8. The maximum Gasteiger partial charge on any atom is 0.265 e. The normalized spacial score (nSPS) is 15.6. The van der Waals surface area contributed by atoms with Crippen molar-refractivity contribution < 1.29 is 17.9 Å². The van der Waals surface area contributed by atoms with Crippen LogP contribution in [0.5, 0.6) is 5.75 Å². The van der Waals surface area contributed by atoms with E-state index in [1.807, 2.05) is 38.1 Å². The van der Waals surface area contributed by atoms with Crippen LogP contribution in [-0.2, 0) is 14.6 Å². The van der Waals surface area contributed by atoms with Gasteiger partial charge in [-0.1, -0.05) is 12.1 Å². The van der Waals surface area contributed by atoms with E-state index in [4.69, 9.17) is 4.74 Å². The van der Waals surface area contributed by atoms with Crippen molar-refractivity contribution in [3.05, 3.63) is 24.3 Å². The summed E-state index contributed by atoms with van der Waals surface area (Å²) in [6, 6.07) is 7.50. The Labute approximate surface area is 167 Å². The molecule has 156 valence electrons. The van der Waals surface area contributed by atoms with Crippen LogP contribution in [0.1, 0.15) is 26.7 Å². The summed E-state index contributed by atoms with van der Waals surface area (Å²) in [7, 11) is -2.98. The average Bonchev–Trinajstić information content (AvgIpc) is 2.64. The SMILES string of the molecule is CCNC(=NCCCN1C(=O)COc2ccccc21)NC(C)CCS(C)(=O)=O. The van der Waals surface area contributed by atoms with Crippen LogP contribution in [0.4, 0.5) is 5.69 Å². The van der Waals surface area contributed by atoms with Gasteiger partial charge in [0.1, 0.15) is 15.6 Å². The number of para-hydroxylation sites is 2. The minimum atomic E-state index is -2.98. The number of amides is 1. The Balaban J connectivity index is 1.87. The fraction of sp³-hybridized carbons (Fsp3) is 0.579. The highest BCUT2D eigenvalue weighted by molar-refractivity contribution is 7.90. The molecule has 0 radical (unpaired) electrons. The number of sulfone groups is 1. The zero-order valence-corrected chi connectivity index (χ0v) is 17.6. The van der Waals surface area contributed by atoms with Crippen LogP contribution in [-0.4, -0.2) is 64.6 Å². The molecule has 2 rings (SSSR count). The van der Waals surface area contributed by atoms with Gasteiger partial charge in [0.05, 0.1) is 11.4 Å². The van der Waals surface area contributed by atoms with Gasteiger partial charge in [0.15, 0.2) is 12.6 Å². The lowest BCUT2D eigenvalue weighted by atomic mass is 10.2. The number of carbonyl (C=O) groups is 1. The average molecular weight is 411 g/mol. The Kier molecular flexibility index (Phi) is 8.10. The van der Waals surface area contributed by atoms with E-state index in [2.05, 4.69) is 15.6 Å². The van der Waals surface area contributed by atoms with Gasteiger partial charge < -0.3 is 20.3 Å². The highest BCUT2D eigenvalue weighted by Gasteiger charge is 2.24. The predicted octanol–water partition coefficient (Wildman–Crippen LogP) is 1.18. The summed E-state index contributed by atoms with van der Waals surface area (Å²) in [5, 5.41) is 6.39. The molecule has 0 saturated carbocycles. The predicted molar refractivity (Wildman–Crippen MR) is 112 cm³/mol. The van der Waals surface area contributed by atoms with Crippen molar-refractivity contribution in [1.82, 2.24) is 10.6 Å². The number of hydrogen-bond acceptors (Lipinski definition) is 5. The minimum absolute atomic E-state index is 0.0137. The van der Waals surface area contributed by atoms with Gasteiger partial charge in [-0.3, -0.25) is 9.79 Å². The fourth-order valence-electron chi connectivity index (χ4n) is 2.84. The van der Waals surface area contributed by atoms with Crippen LogP contribution in [0.3, 0.4) is 0 Å². The molecule has 0 fully saturated rings. The lowest BCUT2D eigenvalue weighted by Gasteiger charge is -2.29. The number of nitrogens with zero attached hydrogens (tertiary/aromatic N) is 2. The van der Waals surface area contributed by atoms with Gasteiger partial charge in [-0.25, -0.2) is 8.42 Å². The van der Waals surface area contributed by atoms with Crippen molar-refractivity contribution >= 4 is 27.4 Å². The highest BCUT2D eigenvalue weighted by Crippen LogP contribution is 2.31. The van der Waals surface area contributed by atoms with E-state index < -0.39 is 9.84 Å². The standard InChI is InChI=1S/C19H30N4O4S/c1-4-20-19(22-15(2)10-13-28(3,25)26)21-11-7-12-23-16-8-5-6-9-17(16)27-14-18(23)24/h5-6,8-9,15H,4,7,10-14H2,1-3H3,(H2,20,21,22). The van der Waals surface area contributed by atoms with Gasteiger partial charge in [0, 0.05) is 31.9 Å². The van der Waals surface area contributed by atoms with Gasteiger partial charge in [-0.2, -0.15) is 0 Å². The maximum atomic E-state index is 12.2. The molecule has 1 aliphatic rings. The van der Waals surface area contributed by atoms with Crippen molar-refractivity contribution in [2.75, 3.05) is 43.1 Å². The number of benzene rings is 1. The van der Waals surface area contributed by atoms with Crippen molar-refractivity contribution in [2.45, 2.75) is 32.7 Å². The molecule has 28 heavy (non-hydrogen) atoms. The molecule has 1 aromatic rings. The third kappa shape index (κ3) is 7.03. The molecule has 0 aromatic heterocycles. The quantitative estimate of drug-likeness (QED) is 0.360. The van der Waals surface area contributed by atoms with Crippen LogP contribution >= 0.6 is 0 Å². The van der Waals surface area contributed by atoms with E-state index in [1.54, 1.807) is 4.90 Å². The molecule has 0 bridgehead atoms. The first-order chi connectivity index (χ1) is 13.3. The van der Waals surface area contributed by atoms with Crippen LogP contribution in [0, 0.1) is 0 Å². The second-order valence-electron chi connectivity index (χ2n) is 6.88. The number of rotatable bonds is 9. The first kappa shape index (κ1) is 22.0. The maximum absolute atomic E-state index is 12.2. The summed E-state index contributed by atoms with van der Waals surface area (Å²) in [5.41, 5.74) is 0.794. The lowest BCUT2D eigenvalue weighted by molar-refractivity contribution is -0.121. The summed E-state index contributed by atoms with van der Waals surface area (Å²) in [6.07, 6.45) is 2.46. The van der Waals surface area contributed by atoms with Crippen LogP contribution < -0.4 is 20.3 Å². The van der Waals surface area contributed by atoms with E-state index in [0.717, 1.165) is 11.4 Å². The second kappa shape index (κ2) is 10.3. The Morgan fingerprint density at radius 1 is 1.36 bits per heavy atom. The number of aliphatic imine (C=N–C) groups is 1. The summed E-state index contributed by atoms with van der Waals surface area (Å²) in [6.45, 7) is 5.78. The van der Waals surface area contributed by atoms with Crippen LogP contribution in [0.15, 0.2) is 29.3 Å². The molecule has 1 atom stereocenters. The van der Waals surface area contributed by atoms with Crippen molar-refractivity contribution in [3.8, 4) is 5.75 Å². The molecule has 9 heteroatoms. The largest absolute Gasteiger partial charge is 0.482 e. The van der Waals surface area contributed by atoms with Crippen LogP contribution in [0.2, 0.25) is 0 Å². The monoisotopic (exact) mass is 410 g/mol. The molecule has 0 aliphatic carbocycles. The molecule has 1 unspecified atom stereocenters. The molecular weight excluding hydrogens is 380 g/mol. The third-order valence-corrected chi connectivity index (χ3v) is 5.24. The lowest BCUT2D eigenvalue weighted by Crippen LogP contribution is -2.43. The molecule has 8 nitrogen and oxygen atoms in total. The van der Waals surface area contributed by atoms with Gasteiger partial charge in [-0.15, -0.1) is 0 Å². The Bertz CT molecular complexity index is 795. The Morgan fingerprint density at radius 2 is 2.11 bits per heavy atom. The molecule has 0 spiro atoms. The molecule has 1 heterocycles. The number of hydrogen-bond donors (Lipinski definition) is 2. The fourth-order valence-corrected chi connectivity index (χ4v) is 3.62. The van der Waals surface area contributed by atoms with E-state index in [0.29, 0.717) is 38.4 Å². The number of guanidine groups is 1. The van der Waals surface area contributed by atoms with E-state index in [9.17, 15) is 13.2 Å². The van der Waals surface area contributed by atoms with Crippen molar-refractivity contribution in [1.29, 1.82) is 0 Å². The van der Waals surface area contributed by atoms with Crippen LogP contribution in [0.25, 0.3) is 0 Å². The summed E-state index contributed by atoms with van der Waals surface area (Å²) >= 11 is 0. The number of ether oxygens (including phenoxy) is 1. The van der Waals surface area contributed by atoms with Gasteiger partial charge in [0.25, 0.3) is 5.91 Å². The minimum Gasteiger partial charge on any atom is -0.482 e. The number of nitrogens with one attached hydrogen (secondary N) is 2. The first-order valence-electron chi connectivity index (χ1n) is 9.55. The van der Waals surface area contributed by atoms with Crippen molar-refractivity contribution in [3.63, 3.8) is 0 Å². The Morgan fingerprint density at radius 3 is 2.82 bits per heavy atom. The van der Waals surface area contributed by atoms with E-state index in [-0.39, 0.29) is 24.3 Å². The summed E-state index contributed by atoms with van der Waals surface area (Å²) in [4.78, 5) is 18.5. The second-order valence-corrected chi connectivity index (χ2v) is 9.14. The molecule has 2 N–H and O–H groups in total. The van der Waals surface area contributed by atoms with Gasteiger partial charge >= 0.3 is 0 Å². The number of carbonyl (C=O) groups excluding carboxylic acids is 1. The van der Waals surface area contributed by atoms with E-state index in [1.165, 1.54) is 6.26 Å². The van der Waals surface area contributed by atoms with Gasteiger partial charge in [0.2, 0.25) is 0 Å². The third-order valence-electron chi connectivity index (χ3n) is 4.27. The molecule has 1 aromatic carbocycles. The molecular formula is C19H30N4O4S. The molecule has 1 amide bonds. The first-order valence-corrected chi connectivity index (χ1v) is 11.6. The topological polar surface area (TPSA) is 100 Å². The smallest absolute Gasteiger partial charge is 0.265 e. The Hall–Kier alpha value is -2.29. The summed E-state index contributed by atoms with van der Waals surface area (Å²) < 4.78 is 28.1. The van der Waals surface area contributed by atoms with Crippen molar-refractivity contribution in [2.24, 2.45) is 4.99 Å². The zero-order chi connectivity index (χ0) is 20.6.